The van der Waals surface area contributed by atoms with Crippen LogP contribution in [0.1, 0.15) is 20.8 Å². The van der Waals surface area contributed by atoms with Gasteiger partial charge < -0.3 is 9.59 Å². The summed E-state index contributed by atoms with van der Waals surface area (Å²) >= 11 is 0. The summed E-state index contributed by atoms with van der Waals surface area (Å²) in [5.74, 6) is 0. The van der Waals surface area contributed by atoms with Gasteiger partial charge in [-0.1, -0.05) is 0 Å². The van der Waals surface area contributed by atoms with E-state index in [0.717, 1.165) is 11.0 Å². The zero-order valence-corrected chi connectivity index (χ0v) is 7.81. The first-order valence-corrected chi connectivity index (χ1v) is 3.81. The summed E-state index contributed by atoms with van der Waals surface area (Å²) in [5, 5.41) is 9.05. The normalized spacial score (nSPS) is 13.8. The van der Waals surface area contributed by atoms with Crippen LogP contribution in [0.5, 0.6) is 0 Å². The highest BCUT2D eigenvalue weighted by Gasteiger charge is 2.33. The Bertz CT molecular complexity index is 93.8. The molecule has 0 aliphatic rings. The van der Waals surface area contributed by atoms with Gasteiger partial charge in [-0.05, 0) is 20.8 Å². The molecule has 0 saturated carbocycles. The molecule has 0 atom stereocenters. The smallest absolute Gasteiger partial charge is 0.116 e. The van der Waals surface area contributed by atoms with Gasteiger partial charge in [0.15, 0.2) is 0 Å². The number of likely N-dealkylation sites (N-methyl/N-ethyl adjacent to an activating group) is 1. The molecule has 0 amide bonds. The van der Waals surface area contributed by atoms with Gasteiger partial charge in [0.25, 0.3) is 0 Å². The molecule has 0 rings (SSSR count). The van der Waals surface area contributed by atoms with Gasteiger partial charge in [-0.25, -0.2) is 0 Å². The predicted octanol–water partition coefficient (Wildman–Crippen LogP) is 0.854. The summed E-state index contributed by atoms with van der Waals surface area (Å²) in [4.78, 5) is 0. The lowest BCUT2D eigenvalue weighted by Crippen LogP contribution is -2.57. The van der Waals surface area contributed by atoms with E-state index in [0.29, 0.717) is 0 Å². The standard InChI is InChI=1S/C8H20NO/c1-6-9(4,5)8(2,3)7-10/h10H,6-7H2,1-5H3/q+1. The maximum absolute atomic E-state index is 9.05. The number of aliphatic hydroxyl groups excluding tert-OH is 1. The first-order valence-electron chi connectivity index (χ1n) is 3.81. The maximum atomic E-state index is 9.05. The molecule has 0 saturated heterocycles. The van der Waals surface area contributed by atoms with Gasteiger partial charge in [0, 0.05) is 0 Å². The lowest BCUT2D eigenvalue weighted by atomic mass is 10.0. The number of nitrogens with zero attached hydrogens (tertiary/aromatic N) is 1. The minimum absolute atomic E-state index is 0.0191. The molecule has 0 aliphatic carbocycles. The summed E-state index contributed by atoms with van der Waals surface area (Å²) in [5.41, 5.74) is -0.0191. The molecular formula is C8H20NO+. The number of aliphatic hydroxyl groups is 1. The van der Waals surface area contributed by atoms with E-state index in [4.69, 9.17) is 5.11 Å². The molecule has 0 aromatic heterocycles. The van der Waals surface area contributed by atoms with Crippen LogP contribution in [0.15, 0.2) is 0 Å². The second-order valence-electron chi connectivity index (χ2n) is 3.97. The average Bonchev–Trinajstić information content (AvgIpc) is 1.88. The Hall–Kier alpha value is -0.0800. The van der Waals surface area contributed by atoms with Crippen LogP contribution in [0.2, 0.25) is 0 Å². The van der Waals surface area contributed by atoms with Gasteiger partial charge in [0.2, 0.25) is 0 Å². The monoisotopic (exact) mass is 146 g/mol. The summed E-state index contributed by atoms with van der Waals surface area (Å²) in [7, 11) is 4.27. The van der Waals surface area contributed by atoms with Crippen molar-refractivity contribution in [3.63, 3.8) is 0 Å². The Morgan fingerprint density at radius 1 is 1.30 bits per heavy atom. The lowest BCUT2D eigenvalue weighted by Gasteiger charge is -2.42. The molecule has 0 bridgehead atoms. The summed E-state index contributed by atoms with van der Waals surface area (Å²) in [6.07, 6.45) is 0. The topological polar surface area (TPSA) is 20.2 Å². The van der Waals surface area contributed by atoms with E-state index in [-0.39, 0.29) is 12.1 Å². The van der Waals surface area contributed by atoms with E-state index >= 15 is 0 Å². The second kappa shape index (κ2) is 2.89. The molecule has 0 aromatic rings. The van der Waals surface area contributed by atoms with Crippen molar-refractivity contribution in [2.75, 3.05) is 27.2 Å². The molecule has 0 spiro atoms. The van der Waals surface area contributed by atoms with Crippen LogP contribution >= 0.6 is 0 Å². The van der Waals surface area contributed by atoms with Crippen LogP contribution in [0.3, 0.4) is 0 Å². The number of rotatable bonds is 3. The van der Waals surface area contributed by atoms with Crippen molar-refractivity contribution in [3.05, 3.63) is 0 Å². The van der Waals surface area contributed by atoms with Crippen LogP contribution in [0.25, 0.3) is 0 Å². The first kappa shape index (κ1) is 9.92. The van der Waals surface area contributed by atoms with E-state index in [2.05, 4.69) is 34.9 Å². The fourth-order valence-corrected chi connectivity index (χ4v) is 0.619. The van der Waals surface area contributed by atoms with Gasteiger partial charge in [-0.2, -0.15) is 0 Å². The first-order chi connectivity index (χ1) is 4.37. The van der Waals surface area contributed by atoms with Gasteiger partial charge >= 0.3 is 0 Å². The fourth-order valence-electron chi connectivity index (χ4n) is 0.619. The molecule has 0 aliphatic heterocycles. The Morgan fingerprint density at radius 2 is 1.70 bits per heavy atom. The van der Waals surface area contributed by atoms with Gasteiger partial charge in [0.1, 0.15) is 5.54 Å². The van der Waals surface area contributed by atoms with Crippen LogP contribution in [0.4, 0.5) is 0 Å². The van der Waals surface area contributed by atoms with Crippen molar-refractivity contribution < 1.29 is 9.59 Å². The zero-order valence-electron chi connectivity index (χ0n) is 7.81. The Kier molecular flexibility index (Phi) is 2.86. The molecule has 2 heteroatoms. The van der Waals surface area contributed by atoms with Gasteiger partial charge in [0.05, 0.1) is 27.2 Å². The van der Waals surface area contributed by atoms with Crippen molar-refractivity contribution in [1.82, 2.24) is 0 Å². The van der Waals surface area contributed by atoms with Crippen molar-refractivity contribution in [3.8, 4) is 0 Å². The highest BCUT2D eigenvalue weighted by molar-refractivity contribution is 4.66. The quantitative estimate of drug-likeness (QED) is 0.585. The fraction of sp³-hybridized carbons (Fsp3) is 1.00. The third-order valence-electron chi connectivity index (χ3n) is 2.82. The van der Waals surface area contributed by atoms with Crippen molar-refractivity contribution in [1.29, 1.82) is 0 Å². The highest BCUT2D eigenvalue weighted by atomic mass is 16.3. The lowest BCUT2D eigenvalue weighted by molar-refractivity contribution is -0.936. The van der Waals surface area contributed by atoms with Crippen molar-refractivity contribution in [2.24, 2.45) is 0 Å². The van der Waals surface area contributed by atoms with E-state index in [1.807, 2.05) is 0 Å². The molecule has 0 unspecified atom stereocenters. The Morgan fingerprint density at radius 3 is 1.80 bits per heavy atom. The highest BCUT2D eigenvalue weighted by Crippen LogP contribution is 2.18. The molecule has 0 heterocycles. The summed E-state index contributed by atoms with van der Waals surface area (Å²) in [6, 6.07) is 0. The summed E-state index contributed by atoms with van der Waals surface area (Å²) < 4.78 is 0.865. The zero-order chi connectivity index (χ0) is 8.41. The molecule has 1 N–H and O–H groups in total. The molecule has 2 nitrogen and oxygen atoms in total. The van der Waals surface area contributed by atoms with Gasteiger partial charge in [-0.15, -0.1) is 0 Å². The largest absolute Gasteiger partial charge is 0.390 e. The van der Waals surface area contributed by atoms with Crippen LogP contribution in [0, 0.1) is 0 Å². The van der Waals surface area contributed by atoms with E-state index in [9.17, 15) is 0 Å². The summed E-state index contributed by atoms with van der Waals surface area (Å²) in [6.45, 7) is 7.59. The molecule has 0 aromatic carbocycles. The van der Waals surface area contributed by atoms with E-state index < -0.39 is 0 Å². The average molecular weight is 146 g/mol. The van der Waals surface area contributed by atoms with E-state index in [1.165, 1.54) is 0 Å². The SMILES string of the molecule is CC[N+](C)(C)C(C)(C)CO. The molecule has 10 heavy (non-hydrogen) atoms. The maximum Gasteiger partial charge on any atom is 0.116 e. The van der Waals surface area contributed by atoms with Crippen molar-refractivity contribution in [2.45, 2.75) is 26.3 Å². The predicted molar refractivity (Wildman–Crippen MR) is 43.8 cm³/mol. The number of hydrogen-bond acceptors (Lipinski definition) is 1. The molecular weight excluding hydrogens is 126 g/mol. The Balaban J connectivity index is 4.28. The van der Waals surface area contributed by atoms with Gasteiger partial charge in [-0.3, -0.25) is 0 Å². The molecule has 62 valence electrons. The third kappa shape index (κ3) is 1.70. The minimum Gasteiger partial charge on any atom is -0.390 e. The minimum atomic E-state index is -0.0191. The molecule has 0 radical (unpaired) electrons. The number of quaternary nitrogens is 1. The Labute approximate surface area is 64.1 Å². The second-order valence-corrected chi connectivity index (χ2v) is 3.97. The van der Waals surface area contributed by atoms with Crippen LogP contribution in [-0.2, 0) is 0 Å². The van der Waals surface area contributed by atoms with Crippen LogP contribution in [-0.4, -0.2) is 42.4 Å². The van der Waals surface area contributed by atoms with Crippen molar-refractivity contribution >= 4 is 0 Å². The van der Waals surface area contributed by atoms with Crippen LogP contribution < -0.4 is 0 Å². The number of hydrogen-bond donors (Lipinski definition) is 1. The van der Waals surface area contributed by atoms with E-state index in [1.54, 1.807) is 0 Å². The molecule has 0 fully saturated rings. The third-order valence-corrected chi connectivity index (χ3v) is 2.82.